The molecule has 13 heavy (non-hydrogen) atoms. The number of carbonyl (C=O) groups excluding carboxylic acids is 1. The van der Waals surface area contributed by atoms with Crippen molar-refractivity contribution in [1.82, 2.24) is 0 Å². The van der Waals surface area contributed by atoms with Crippen LogP contribution in [0.3, 0.4) is 0 Å². The van der Waals surface area contributed by atoms with E-state index in [1.807, 2.05) is 6.92 Å². The van der Waals surface area contributed by atoms with E-state index in [0.29, 0.717) is 17.9 Å². The van der Waals surface area contributed by atoms with Gasteiger partial charge in [-0.05, 0) is 0 Å². The van der Waals surface area contributed by atoms with Crippen LogP contribution in [0.5, 0.6) is 0 Å². The number of hydrogen-bond acceptors (Lipinski definition) is 1. The van der Waals surface area contributed by atoms with Gasteiger partial charge in [-0.1, -0.05) is 0 Å². The van der Waals surface area contributed by atoms with Crippen molar-refractivity contribution in [3.05, 3.63) is 0 Å². The summed E-state index contributed by atoms with van der Waals surface area (Å²) in [6.07, 6.45) is 1.85. The van der Waals surface area contributed by atoms with Gasteiger partial charge in [-0.2, -0.15) is 0 Å². The van der Waals surface area contributed by atoms with Gasteiger partial charge in [0.2, 0.25) is 0 Å². The standard InChI is InChI=1S/C6H18OP6/c1-3-5(7)6-4-11-12(8)13(6,2,9)10/h6,11H,3-4,8-10H2,1-2H3. The van der Waals surface area contributed by atoms with Gasteiger partial charge >= 0.3 is 90.1 Å². The molecule has 1 aliphatic heterocycles. The first-order chi connectivity index (χ1) is 5.78. The van der Waals surface area contributed by atoms with Crippen molar-refractivity contribution in [3.63, 3.8) is 0 Å². The maximum absolute atomic E-state index is 11.8. The van der Waals surface area contributed by atoms with Gasteiger partial charge in [-0.3, -0.25) is 0 Å². The van der Waals surface area contributed by atoms with E-state index < -0.39 is 5.67 Å². The molecule has 1 heterocycles. The van der Waals surface area contributed by atoms with E-state index in [4.69, 9.17) is 0 Å². The zero-order valence-electron chi connectivity index (χ0n) is 8.03. The quantitative estimate of drug-likeness (QED) is 0.706. The Bertz CT molecular complexity index is 231. The van der Waals surface area contributed by atoms with E-state index in [2.05, 4.69) is 33.5 Å². The van der Waals surface area contributed by atoms with E-state index in [0.717, 1.165) is 14.4 Å². The number of carbonyl (C=O) groups is 1. The van der Waals surface area contributed by atoms with Gasteiger partial charge in [0.25, 0.3) is 0 Å². The topological polar surface area (TPSA) is 17.1 Å². The average molecular weight is 292 g/mol. The normalized spacial score (nSPS) is 41.2. The van der Waals surface area contributed by atoms with Crippen LogP contribution in [0.25, 0.3) is 0 Å². The Balaban J connectivity index is 2.96. The fraction of sp³-hybridized carbons (Fsp3) is 0.833. The van der Waals surface area contributed by atoms with E-state index in [1.165, 1.54) is 0 Å². The Hall–Kier alpha value is 2.25. The number of ketones is 1. The van der Waals surface area contributed by atoms with Crippen LogP contribution in [0, 0.1) is 0 Å². The van der Waals surface area contributed by atoms with Crippen LogP contribution in [-0.4, -0.2) is 24.3 Å². The average Bonchev–Trinajstić information content (AvgIpc) is 2.22. The fourth-order valence-electron chi connectivity index (χ4n) is 1.48. The fourth-order valence-corrected chi connectivity index (χ4v) is 25.8. The summed E-state index contributed by atoms with van der Waals surface area (Å²) < 4.78 is 0. The molecule has 1 rings (SSSR count). The Labute approximate surface area is 90.3 Å². The molecule has 0 aromatic heterocycles. The molecule has 1 aliphatic rings. The predicted molar refractivity (Wildman–Crippen MR) is 81.2 cm³/mol. The Kier molecular flexibility index (Phi) is 4.36. The van der Waals surface area contributed by atoms with Gasteiger partial charge in [0.05, 0.1) is 0 Å². The zero-order valence-corrected chi connectivity index (χ0v) is 14.3. The molecule has 0 spiro atoms. The Morgan fingerprint density at radius 3 is 2.54 bits per heavy atom. The second-order valence-electron chi connectivity index (χ2n) is 3.81. The minimum absolute atomic E-state index is 0.0123. The molecular formula is C6H18OP6. The molecule has 0 aromatic rings. The van der Waals surface area contributed by atoms with Gasteiger partial charge in [-0.25, -0.2) is 0 Å². The summed E-state index contributed by atoms with van der Waals surface area (Å²) in [5.74, 6) is 0.477. The van der Waals surface area contributed by atoms with E-state index in [9.17, 15) is 4.79 Å². The Morgan fingerprint density at radius 2 is 2.23 bits per heavy atom. The number of Topliss-reactive ketones (excluding diaryl/α,β-unsaturated/α-hetero) is 1. The molecule has 1 nitrogen and oxygen atoms in total. The molecule has 0 N–H and O–H groups in total. The molecule has 0 aliphatic carbocycles. The van der Waals surface area contributed by atoms with Crippen LogP contribution in [0.1, 0.15) is 13.3 Å². The van der Waals surface area contributed by atoms with Crippen molar-refractivity contribution >= 4 is 53.5 Å². The molecule has 7 heteroatoms. The molecule has 0 radical (unpaired) electrons. The van der Waals surface area contributed by atoms with Crippen molar-refractivity contribution < 1.29 is 4.79 Å². The first-order valence-electron chi connectivity index (χ1n) is 4.22. The summed E-state index contributed by atoms with van der Waals surface area (Å²) >= 11 is 0. The molecule has 6 unspecified atom stereocenters. The molecule has 0 aromatic carbocycles. The van der Waals surface area contributed by atoms with E-state index >= 15 is 0 Å². The minimum atomic E-state index is -1.80. The van der Waals surface area contributed by atoms with Crippen molar-refractivity contribution in [2.24, 2.45) is 0 Å². The van der Waals surface area contributed by atoms with Crippen LogP contribution < -0.4 is 0 Å². The van der Waals surface area contributed by atoms with Crippen molar-refractivity contribution in [3.8, 4) is 0 Å². The summed E-state index contributed by atoms with van der Waals surface area (Å²) in [5, 5.41) is 0. The summed E-state index contributed by atoms with van der Waals surface area (Å²) in [7, 11) is 10.1. The summed E-state index contributed by atoms with van der Waals surface area (Å²) in [6.45, 7) is 4.33. The first kappa shape index (κ1) is 13.3. The molecular weight excluding hydrogens is 274 g/mol. The third kappa shape index (κ3) is 2.50. The van der Waals surface area contributed by atoms with Crippen molar-refractivity contribution in [1.29, 1.82) is 0 Å². The monoisotopic (exact) mass is 292 g/mol. The van der Waals surface area contributed by atoms with Crippen LogP contribution in [-0.2, 0) is 4.79 Å². The predicted octanol–water partition coefficient (Wildman–Crippen LogP) is 3.89. The third-order valence-corrected chi connectivity index (χ3v) is 42.1. The van der Waals surface area contributed by atoms with Crippen molar-refractivity contribution in [2.75, 3.05) is 12.8 Å². The molecule has 0 bridgehead atoms. The second kappa shape index (κ2) is 4.25. The summed E-state index contributed by atoms with van der Waals surface area (Å²) in [4.78, 5) is 11.8. The molecule has 0 saturated carbocycles. The summed E-state index contributed by atoms with van der Waals surface area (Å²) in [5.41, 5.74) is -1.45. The van der Waals surface area contributed by atoms with Gasteiger partial charge < -0.3 is 0 Å². The van der Waals surface area contributed by atoms with Crippen LogP contribution in [0.15, 0.2) is 0 Å². The van der Waals surface area contributed by atoms with Gasteiger partial charge in [0.1, 0.15) is 0 Å². The first-order valence-corrected chi connectivity index (χ1v) is 15.9. The van der Waals surface area contributed by atoms with Crippen molar-refractivity contribution in [2.45, 2.75) is 19.0 Å². The van der Waals surface area contributed by atoms with Crippen LogP contribution in [0.2, 0.25) is 0 Å². The van der Waals surface area contributed by atoms with E-state index in [1.54, 1.807) is 0 Å². The maximum atomic E-state index is 11.8. The van der Waals surface area contributed by atoms with Gasteiger partial charge in [0, 0.05) is 0 Å². The number of hydrogen-bond donors (Lipinski definition) is 0. The molecule has 1 saturated heterocycles. The van der Waals surface area contributed by atoms with Gasteiger partial charge in [-0.15, -0.1) is 0 Å². The van der Waals surface area contributed by atoms with Gasteiger partial charge in [0.15, 0.2) is 0 Å². The molecule has 1 fully saturated rings. The molecule has 78 valence electrons. The Morgan fingerprint density at radius 1 is 1.69 bits per heavy atom. The number of rotatable bonds is 2. The molecule has 0 amide bonds. The SMILES string of the molecule is CCC(=O)C1CPP(P)P1(C)(P)P. The molecule has 6 atom stereocenters. The van der Waals surface area contributed by atoms with Crippen LogP contribution >= 0.6 is 47.7 Å². The van der Waals surface area contributed by atoms with Crippen LogP contribution in [0.4, 0.5) is 0 Å². The third-order valence-electron chi connectivity index (χ3n) is 2.57. The summed E-state index contributed by atoms with van der Waals surface area (Å²) in [6, 6.07) is 0. The second-order valence-corrected chi connectivity index (χ2v) is 34.5. The van der Waals surface area contributed by atoms with E-state index in [-0.39, 0.29) is 6.99 Å². The zero-order chi connectivity index (χ0) is 10.3.